The second-order valence-electron chi connectivity index (χ2n) is 6.67. The Bertz CT molecular complexity index is 1040. The molecule has 0 fully saturated rings. The van der Waals surface area contributed by atoms with Gasteiger partial charge in [0.1, 0.15) is 11.5 Å². The lowest BCUT2D eigenvalue weighted by Crippen LogP contribution is -2.03. The van der Waals surface area contributed by atoms with Crippen LogP contribution in [0.3, 0.4) is 0 Å². The molecule has 0 saturated carbocycles. The van der Waals surface area contributed by atoms with Crippen LogP contribution in [-0.4, -0.2) is 5.97 Å². The first kappa shape index (κ1) is 21.8. The second-order valence-corrected chi connectivity index (χ2v) is 7.71. The highest BCUT2D eigenvalue weighted by atomic mass is 32.2. The Morgan fingerprint density at radius 2 is 1.73 bits per heavy atom. The summed E-state index contributed by atoms with van der Waals surface area (Å²) in [5.41, 5.74) is 1.62. The molecule has 0 radical (unpaired) electrons. The van der Waals surface area contributed by atoms with E-state index in [9.17, 15) is 18.0 Å². The molecule has 158 valence electrons. The summed E-state index contributed by atoms with van der Waals surface area (Å²) in [5, 5.41) is 0. The van der Waals surface area contributed by atoms with Crippen molar-refractivity contribution < 1.29 is 32.2 Å². The van der Waals surface area contributed by atoms with Gasteiger partial charge in [-0.15, -0.1) is 11.8 Å². The Hall–Kier alpha value is -2.87. The molecule has 0 aliphatic heterocycles. The van der Waals surface area contributed by atoms with E-state index < -0.39 is 17.7 Å². The quantitative estimate of drug-likeness (QED) is 0.244. The smallest absolute Gasteiger partial charge is 0.416 e. The van der Waals surface area contributed by atoms with Crippen LogP contribution in [0.5, 0.6) is 5.75 Å². The molecule has 0 atom stereocenters. The Balaban J connectivity index is 1.68. The van der Waals surface area contributed by atoms with Crippen molar-refractivity contribution in [2.24, 2.45) is 0 Å². The first-order chi connectivity index (χ1) is 14.1. The number of furan rings is 1. The molecule has 1 heterocycles. The predicted octanol–water partition coefficient (Wildman–Crippen LogP) is 6.73. The molecule has 2 aromatic carbocycles. The lowest BCUT2D eigenvalue weighted by Gasteiger charge is -2.08. The molecule has 8 heteroatoms. The molecule has 0 N–H and O–H groups in total. The van der Waals surface area contributed by atoms with Gasteiger partial charge in [0.05, 0.1) is 11.3 Å². The highest BCUT2D eigenvalue weighted by Gasteiger charge is 2.30. The van der Waals surface area contributed by atoms with Crippen LogP contribution >= 0.6 is 11.8 Å². The minimum atomic E-state index is -4.36. The summed E-state index contributed by atoms with van der Waals surface area (Å²) in [6, 6.07) is 12.2. The van der Waals surface area contributed by atoms with Gasteiger partial charge in [-0.25, -0.2) is 4.79 Å². The van der Waals surface area contributed by atoms with E-state index in [1.54, 1.807) is 17.8 Å². The average molecular weight is 436 g/mol. The molecule has 3 aromatic rings. The summed E-state index contributed by atoms with van der Waals surface area (Å²) in [6.45, 7) is 4.99. The minimum absolute atomic E-state index is 0.452. The molecule has 0 spiro atoms. The van der Waals surface area contributed by atoms with Gasteiger partial charge < -0.3 is 4.42 Å². The third-order valence-corrected chi connectivity index (χ3v) is 5.28. The van der Waals surface area contributed by atoms with Crippen molar-refractivity contribution in [2.75, 3.05) is 0 Å². The summed E-state index contributed by atoms with van der Waals surface area (Å²) in [7, 11) is 0. The largest absolute Gasteiger partial charge is 0.460 e. The average Bonchev–Trinajstić information content (AvgIpc) is 3.05. The molecule has 0 amide bonds. The van der Waals surface area contributed by atoms with Crippen molar-refractivity contribution in [3.8, 4) is 17.1 Å². The van der Waals surface area contributed by atoms with E-state index in [2.05, 4.69) is 4.89 Å². The van der Waals surface area contributed by atoms with Crippen LogP contribution < -0.4 is 4.89 Å². The first-order valence-electron chi connectivity index (χ1n) is 8.99. The lowest BCUT2D eigenvalue weighted by molar-refractivity contribution is -0.211. The van der Waals surface area contributed by atoms with Crippen LogP contribution in [0.1, 0.15) is 29.4 Å². The normalized spacial score (nSPS) is 11.4. The van der Waals surface area contributed by atoms with Gasteiger partial charge in [0.15, 0.2) is 5.75 Å². The molecule has 0 aliphatic carbocycles. The number of carbonyl (C=O) groups is 1. The molecular weight excluding hydrogens is 417 g/mol. The lowest BCUT2D eigenvalue weighted by atomic mass is 10.1. The summed E-state index contributed by atoms with van der Waals surface area (Å²) in [5.74, 6) is 1.74. The molecule has 3 rings (SSSR count). The maximum atomic E-state index is 12.7. The van der Waals surface area contributed by atoms with Gasteiger partial charge >= 0.3 is 12.1 Å². The standard InChI is InChI=1S/C22H19F3O4S/c1-13-10-18(8-9-19(13)29-28-15(3)26)30-12-21-14(2)11-20(27-21)16-4-6-17(7-5-16)22(23,24)25/h4-11H,12H2,1-3H3. The molecule has 0 bridgehead atoms. The third kappa shape index (κ3) is 5.38. The number of rotatable bonds is 6. The van der Waals surface area contributed by atoms with Crippen LogP contribution in [-0.2, 0) is 21.6 Å². The fourth-order valence-corrected chi connectivity index (χ4v) is 3.70. The molecular formula is C22H19F3O4S. The van der Waals surface area contributed by atoms with Gasteiger partial charge in [-0.05, 0) is 61.4 Å². The van der Waals surface area contributed by atoms with Crippen LogP contribution in [0.4, 0.5) is 13.2 Å². The van der Waals surface area contributed by atoms with Gasteiger partial charge in [-0.2, -0.15) is 13.2 Å². The van der Waals surface area contributed by atoms with E-state index in [-0.39, 0.29) is 0 Å². The monoisotopic (exact) mass is 436 g/mol. The second kappa shape index (κ2) is 8.87. The molecule has 1 aromatic heterocycles. The van der Waals surface area contributed by atoms with Crippen molar-refractivity contribution in [1.82, 2.24) is 0 Å². The van der Waals surface area contributed by atoms with Gasteiger partial charge in [0.2, 0.25) is 0 Å². The van der Waals surface area contributed by atoms with Crippen molar-refractivity contribution in [3.63, 3.8) is 0 Å². The molecule has 0 saturated heterocycles. The zero-order valence-electron chi connectivity index (χ0n) is 16.5. The predicted molar refractivity (Wildman–Crippen MR) is 107 cm³/mol. The summed E-state index contributed by atoms with van der Waals surface area (Å²) < 4.78 is 44.1. The third-order valence-electron chi connectivity index (χ3n) is 4.28. The van der Waals surface area contributed by atoms with Gasteiger partial charge in [0.25, 0.3) is 0 Å². The Kier molecular flexibility index (Phi) is 6.45. The molecule has 0 aliphatic rings. The van der Waals surface area contributed by atoms with Crippen molar-refractivity contribution in [1.29, 1.82) is 0 Å². The number of aryl methyl sites for hydroxylation is 2. The van der Waals surface area contributed by atoms with Gasteiger partial charge in [-0.1, -0.05) is 12.1 Å². The number of alkyl halides is 3. The van der Waals surface area contributed by atoms with Gasteiger partial charge in [-0.3, -0.25) is 9.78 Å². The SMILES string of the molecule is CC(=O)OOc1ccc(SCc2oc(-c3ccc(C(F)(F)F)cc3)cc2C)cc1C. The maximum Gasteiger partial charge on any atom is 0.416 e. The summed E-state index contributed by atoms with van der Waals surface area (Å²) >= 11 is 1.54. The molecule has 30 heavy (non-hydrogen) atoms. The highest BCUT2D eigenvalue weighted by molar-refractivity contribution is 7.98. The van der Waals surface area contributed by atoms with Crippen LogP contribution in [0, 0.1) is 13.8 Å². The number of hydrogen-bond acceptors (Lipinski definition) is 5. The molecule has 0 unspecified atom stereocenters. The van der Waals surface area contributed by atoms with E-state index in [4.69, 9.17) is 9.30 Å². The number of halogens is 3. The zero-order valence-corrected chi connectivity index (χ0v) is 17.3. The zero-order chi connectivity index (χ0) is 21.9. The number of benzene rings is 2. The number of thioether (sulfide) groups is 1. The number of carbonyl (C=O) groups excluding carboxylic acids is 1. The van der Waals surface area contributed by atoms with Crippen LogP contribution in [0.15, 0.2) is 57.8 Å². The van der Waals surface area contributed by atoms with Crippen molar-refractivity contribution >= 4 is 17.7 Å². The minimum Gasteiger partial charge on any atom is -0.460 e. The highest BCUT2D eigenvalue weighted by Crippen LogP contribution is 2.34. The van der Waals surface area contributed by atoms with Crippen molar-refractivity contribution in [3.05, 3.63) is 71.0 Å². The van der Waals surface area contributed by atoms with E-state index in [0.29, 0.717) is 22.8 Å². The van der Waals surface area contributed by atoms with E-state index in [0.717, 1.165) is 33.9 Å². The summed E-state index contributed by atoms with van der Waals surface area (Å²) in [6.07, 6.45) is -4.36. The van der Waals surface area contributed by atoms with E-state index in [1.165, 1.54) is 19.1 Å². The first-order valence-corrected chi connectivity index (χ1v) is 9.97. The Morgan fingerprint density at radius 1 is 1.03 bits per heavy atom. The van der Waals surface area contributed by atoms with Crippen molar-refractivity contribution in [2.45, 2.75) is 37.6 Å². The maximum absolute atomic E-state index is 12.7. The Labute approximate surface area is 175 Å². The van der Waals surface area contributed by atoms with E-state index in [1.807, 2.05) is 32.0 Å². The van der Waals surface area contributed by atoms with Gasteiger partial charge in [0, 0.05) is 17.4 Å². The Morgan fingerprint density at radius 3 is 2.33 bits per heavy atom. The fraction of sp³-hybridized carbons (Fsp3) is 0.227. The molecule has 4 nitrogen and oxygen atoms in total. The van der Waals surface area contributed by atoms with E-state index >= 15 is 0 Å². The topological polar surface area (TPSA) is 48.7 Å². The van der Waals surface area contributed by atoms with Crippen LogP contribution in [0.25, 0.3) is 11.3 Å². The van der Waals surface area contributed by atoms with Crippen LogP contribution in [0.2, 0.25) is 0 Å². The summed E-state index contributed by atoms with van der Waals surface area (Å²) in [4.78, 5) is 21.3. The number of hydrogen-bond donors (Lipinski definition) is 0. The fourth-order valence-electron chi connectivity index (χ4n) is 2.69.